The van der Waals surface area contributed by atoms with Gasteiger partial charge in [0, 0.05) is 29.8 Å². The van der Waals surface area contributed by atoms with Crippen LogP contribution in [0, 0.1) is 11.2 Å². The van der Waals surface area contributed by atoms with Crippen molar-refractivity contribution in [2.24, 2.45) is 5.41 Å². The molecule has 0 atom stereocenters. The van der Waals surface area contributed by atoms with Gasteiger partial charge in [0.2, 0.25) is 5.82 Å². The zero-order valence-electron chi connectivity index (χ0n) is 19.8. The topological polar surface area (TPSA) is 117 Å². The zero-order valence-corrected chi connectivity index (χ0v) is 19.8. The molecule has 9 heteroatoms. The van der Waals surface area contributed by atoms with Gasteiger partial charge < -0.3 is 14.7 Å². The first kappa shape index (κ1) is 24.3. The molecule has 2 N–H and O–H groups in total. The molecule has 0 aliphatic carbocycles. The summed E-state index contributed by atoms with van der Waals surface area (Å²) in [5, 5.41) is 23.1. The summed E-state index contributed by atoms with van der Waals surface area (Å²) >= 11 is 0. The molecule has 2 heterocycles. The molecule has 37 heavy (non-hydrogen) atoms. The third-order valence-corrected chi connectivity index (χ3v) is 6.74. The highest BCUT2D eigenvalue weighted by atomic mass is 19.1. The van der Waals surface area contributed by atoms with E-state index < -0.39 is 17.4 Å². The van der Waals surface area contributed by atoms with Crippen LogP contribution in [-0.4, -0.2) is 50.3 Å². The molecule has 188 valence electrons. The summed E-state index contributed by atoms with van der Waals surface area (Å²) in [5.41, 5.74) is 1.55. The van der Waals surface area contributed by atoms with E-state index >= 15 is 0 Å². The number of halogens is 1. The van der Waals surface area contributed by atoms with Gasteiger partial charge in [-0.1, -0.05) is 65.8 Å². The highest BCUT2D eigenvalue weighted by molar-refractivity contribution is 5.98. The first-order valence-corrected chi connectivity index (χ1v) is 11.8. The van der Waals surface area contributed by atoms with Crippen molar-refractivity contribution in [3.63, 3.8) is 0 Å². The summed E-state index contributed by atoms with van der Waals surface area (Å²) in [6.45, 7) is 0.998. The van der Waals surface area contributed by atoms with Crippen molar-refractivity contribution in [3.8, 4) is 34.0 Å². The fourth-order valence-corrected chi connectivity index (χ4v) is 4.70. The SMILES string of the molecule is O=C(O)C1(C(=O)O)CCCN(Cc2ccc(-c3noc(-c4ccc(-c5ccccc5)c(F)c4)n3)cc2)C1. The molecule has 0 radical (unpaired) electrons. The number of carboxylic acids is 2. The van der Waals surface area contributed by atoms with E-state index in [0.29, 0.717) is 42.0 Å². The van der Waals surface area contributed by atoms with Crippen LogP contribution in [0.25, 0.3) is 34.0 Å². The van der Waals surface area contributed by atoms with E-state index in [9.17, 15) is 24.2 Å². The first-order valence-electron chi connectivity index (χ1n) is 11.8. The number of likely N-dealkylation sites (tertiary alicyclic amines) is 1. The molecule has 0 amide bonds. The van der Waals surface area contributed by atoms with Crippen molar-refractivity contribution in [2.75, 3.05) is 13.1 Å². The molecule has 1 saturated heterocycles. The van der Waals surface area contributed by atoms with Gasteiger partial charge in [0.15, 0.2) is 5.41 Å². The van der Waals surface area contributed by atoms with Gasteiger partial charge in [-0.05, 0) is 42.6 Å². The molecule has 4 aromatic rings. The smallest absolute Gasteiger partial charge is 0.322 e. The van der Waals surface area contributed by atoms with E-state index in [2.05, 4.69) is 10.1 Å². The van der Waals surface area contributed by atoms with Crippen molar-refractivity contribution < 1.29 is 28.7 Å². The van der Waals surface area contributed by atoms with Crippen molar-refractivity contribution in [1.29, 1.82) is 0 Å². The van der Waals surface area contributed by atoms with Crippen molar-refractivity contribution >= 4 is 11.9 Å². The number of benzene rings is 3. The molecule has 1 fully saturated rings. The van der Waals surface area contributed by atoms with Gasteiger partial charge in [-0.2, -0.15) is 4.98 Å². The van der Waals surface area contributed by atoms with Gasteiger partial charge in [0.05, 0.1) is 0 Å². The monoisotopic (exact) mass is 501 g/mol. The Kier molecular flexibility index (Phi) is 6.54. The van der Waals surface area contributed by atoms with Crippen LogP contribution >= 0.6 is 0 Å². The lowest BCUT2D eigenvalue weighted by atomic mass is 9.80. The predicted molar refractivity (Wildman–Crippen MR) is 133 cm³/mol. The second-order valence-corrected chi connectivity index (χ2v) is 9.19. The van der Waals surface area contributed by atoms with Gasteiger partial charge in [-0.25, -0.2) is 4.39 Å². The standard InChI is InChI=1S/C28H24FN3O5/c29-23-15-21(11-12-22(23)19-5-2-1-3-6-19)25-30-24(31-37-25)20-9-7-18(8-10-20)16-32-14-4-13-28(17-32,26(33)34)27(35)36/h1-3,5-12,15H,4,13-14,16-17H2,(H,33,34)(H,35,36). The Hall–Kier alpha value is -4.37. The minimum Gasteiger partial charge on any atom is -0.480 e. The third-order valence-electron chi connectivity index (χ3n) is 6.74. The average molecular weight is 502 g/mol. The van der Waals surface area contributed by atoms with E-state index in [-0.39, 0.29) is 24.7 Å². The van der Waals surface area contributed by atoms with E-state index in [1.807, 2.05) is 59.5 Å². The number of carbonyl (C=O) groups is 2. The number of nitrogens with zero attached hydrogens (tertiary/aromatic N) is 3. The lowest BCUT2D eigenvalue weighted by Crippen LogP contribution is -2.52. The summed E-state index contributed by atoms with van der Waals surface area (Å²) in [6, 6.07) is 21.4. The largest absolute Gasteiger partial charge is 0.480 e. The molecule has 8 nitrogen and oxygen atoms in total. The highest BCUT2D eigenvalue weighted by Crippen LogP contribution is 2.32. The quantitative estimate of drug-likeness (QED) is 0.341. The summed E-state index contributed by atoms with van der Waals surface area (Å²) in [5.74, 6) is -2.45. The Morgan fingerprint density at radius 1 is 0.946 bits per heavy atom. The predicted octanol–water partition coefficient (Wildman–Crippen LogP) is 4.96. The number of hydrogen-bond donors (Lipinski definition) is 2. The van der Waals surface area contributed by atoms with Gasteiger partial charge in [-0.3, -0.25) is 14.5 Å². The minimum atomic E-state index is -1.78. The molecule has 0 unspecified atom stereocenters. The lowest BCUT2D eigenvalue weighted by molar-refractivity contribution is -0.169. The Morgan fingerprint density at radius 2 is 1.65 bits per heavy atom. The van der Waals surface area contributed by atoms with Crippen LogP contribution in [-0.2, 0) is 16.1 Å². The van der Waals surface area contributed by atoms with Gasteiger partial charge in [0.25, 0.3) is 5.89 Å². The third kappa shape index (κ3) is 4.85. The molecule has 3 aromatic carbocycles. The Balaban J connectivity index is 1.29. The van der Waals surface area contributed by atoms with Crippen LogP contribution in [0.5, 0.6) is 0 Å². The highest BCUT2D eigenvalue weighted by Gasteiger charge is 2.49. The maximum atomic E-state index is 14.8. The number of rotatable bonds is 7. The van der Waals surface area contributed by atoms with Crippen LogP contribution in [0.15, 0.2) is 77.3 Å². The fourth-order valence-electron chi connectivity index (χ4n) is 4.70. The van der Waals surface area contributed by atoms with E-state index in [0.717, 1.165) is 11.1 Å². The summed E-state index contributed by atoms with van der Waals surface area (Å²) < 4.78 is 20.1. The fraction of sp³-hybridized carbons (Fsp3) is 0.214. The average Bonchev–Trinajstić information content (AvgIpc) is 3.40. The molecule has 1 aliphatic heterocycles. The molecule has 1 aliphatic rings. The second kappa shape index (κ2) is 9.94. The Bertz CT molecular complexity index is 1420. The number of carboxylic acid groups (broad SMARTS) is 2. The number of aromatic nitrogens is 2. The van der Waals surface area contributed by atoms with Crippen LogP contribution in [0.4, 0.5) is 4.39 Å². The van der Waals surface area contributed by atoms with Gasteiger partial charge >= 0.3 is 11.9 Å². The molecule has 1 aromatic heterocycles. The molecular weight excluding hydrogens is 477 g/mol. The van der Waals surface area contributed by atoms with Gasteiger partial charge in [0.1, 0.15) is 5.82 Å². The molecule has 0 saturated carbocycles. The summed E-state index contributed by atoms with van der Waals surface area (Å²) in [4.78, 5) is 29.6. The van der Waals surface area contributed by atoms with E-state index in [1.54, 1.807) is 12.1 Å². The van der Waals surface area contributed by atoms with Crippen molar-refractivity contribution in [1.82, 2.24) is 15.0 Å². The van der Waals surface area contributed by atoms with Gasteiger partial charge in [-0.15, -0.1) is 0 Å². The minimum absolute atomic E-state index is 0.0484. The molecule has 0 spiro atoms. The number of hydrogen-bond acceptors (Lipinski definition) is 6. The first-order chi connectivity index (χ1) is 17.9. The summed E-state index contributed by atoms with van der Waals surface area (Å²) in [7, 11) is 0. The van der Waals surface area contributed by atoms with Crippen LogP contribution in [0.2, 0.25) is 0 Å². The second-order valence-electron chi connectivity index (χ2n) is 9.19. The maximum Gasteiger partial charge on any atom is 0.322 e. The number of aliphatic carboxylic acids is 2. The van der Waals surface area contributed by atoms with Crippen molar-refractivity contribution in [2.45, 2.75) is 19.4 Å². The molecular formula is C28H24FN3O5. The van der Waals surface area contributed by atoms with Crippen LogP contribution in [0.3, 0.4) is 0 Å². The molecule has 5 rings (SSSR count). The van der Waals surface area contributed by atoms with Crippen LogP contribution in [0.1, 0.15) is 18.4 Å². The van der Waals surface area contributed by atoms with Crippen molar-refractivity contribution in [3.05, 3.63) is 84.2 Å². The Morgan fingerprint density at radius 3 is 2.32 bits per heavy atom. The van der Waals surface area contributed by atoms with E-state index in [1.165, 1.54) is 6.07 Å². The van der Waals surface area contributed by atoms with E-state index in [4.69, 9.17) is 4.52 Å². The van der Waals surface area contributed by atoms with Crippen LogP contribution < -0.4 is 0 Å². The maximum absolute atomic E-state index is 14.8. The normalized spacial score (nSPS) is 15.4. The number of piperidine rings is 1. The Labute approximate surface area is 212 Å². The zero-order chi connectivity index (χ0) is 26.0. The summed E-state index contributed by atoms with van der Waals surface area (Å²) in [6.07, 6.45) is 0.612. The molecule has 0 bridgehead atoms. The lowest BCUT2D eigenvalue weighted by Gasteiger charge is -2.37.